The fourth-order valence-corrected chi connectivity index (χ4v) is 7.04. The van der Waals surface area contributed by atoms with Crippen molar-refractivity contribution in [1.82, 2.24) is 19.7 Å². The van der Waals surface area contributed by atoms with E-state index < -0.39 is 23.9 Å². The molecule has 0 aliphatic carbocycles. The minimum atomic E-state index is -0.763. The van der Waals surface area contributed by atoms with Crippen molar-refractivity contribution in [3.63, 3.8) is 0 Å². The number of carbonyl (C=O) groups is 4. The molecule has 0 atom stereocenters. The molecule has 0 N–H and O–H groups in total. The van der Waals surface area contributed by atoms with Crippen molar-refractivity contribution in [3.05, 3.63) is 157 Å². The molecule has 0 radical (unpaired) electrons. The summed E-state index contributed by atoms with van der Waals surface area (Å²) in [7, 11) is 0. The Kier molecular flexibility index (Phi) is 10.3. The van der Waals surface area contributed by atoms with Crippen molar-refractivity contribution in [2.45, 2.75) is 13.8 Å². The smallest absolute Gasteiger partial charge is 0.347 e. The molecule has 58 heavy (non-hydrogen) atoms. The first-order valence-corrected chi connectivity index (χ1v) is 18.6. The van der Waals surface area contributed by atoms with Crippen LogP contribution in [0.3, 0.4) is 0 Å². The SMILES string of the molecule is CC(=O)Oc1ccccc1C(=O)Oc1ccccc1-c1nc(-c2ccccc2OC(=O)c2ccccc2OC(C)=O)n(-c2ccc(-c3nc4ccccc4s3)cc2)n1. The highest BCUT2D eigenvalue weighted by Gasteiger charge is 2.25. The summed E-state index contributed by atoms with van der Waals surface area (Å²) in [5, 5.41) is 5.77. The van der Waals surface area contributed by atoms with Crippen molar-refractivity contribution in [3.8, 4) is 62.0 Å². The van der Waals surface area contributed by atoms with Crippen LogP contribution in [-0.2, 0) is 9.59 Å². The summed E-state index contributed by atoms with van der Waals surface area (Å²) in [6.07, 6.45) is 0. The Hall–Kier alpha value is -7.77. The lowest BCUT2D eigenvalue weighted by Crippen LogP contribution is -2.13. The first kappa shape index (κ1) is 37.2. The molecule has 0 aliphatic heterocycles. The van der Waals surface area contributed by atoms with Gasteiger partial charge < -0.3 is 18.9 Å². The quantitative estimate of drug-likeness (QED) is 0.0965. The second kappa shape index (κ2) is 16.1. The van der Waals surface area contributed by atoms with Gasteiger partial charge in [0.2, 0.25) is 0 Å². The molecule has 0 spiro atoms. The first-order chi connectivity index (χ1) is 28.2. The number of benzene rings is 6. The monoisotopic (exact) mass is 786 g/mol. The fourth-order valence-electron chi connectivity index (χ4n) is 6.07. The van der Waals surface area contributed by atoms with Crippen LogP contribution in [-0.4, -0.2) is 43.6 Å². The van der Waals surface area contributed by atoms with Crippen LogP contribution in [0.2, 0.25) is 0 Å². The van der Waals surface area contributed by atoms with Gasteiger partial charge in [-0.05, 0) is 84.9 Å². The van der Waals surface area contributed by atoms with Gasteiger partial charge in [0.15, 0.2) is 11.6 Å². The molecule has 8 rings (SSSR count). The van der Waals surface area contributed by atoms with E-state index in [-0.39, 0.29) is 39.9 Å². The van der Waals surface area contributed by atoms with Crippen LogP contribution in [0, 0.1) is 0 Å². The summed E-state index contributed by atoms with van der Waals surface area (Å²) in [4.78, 5) is 60.4. The number of nitrogens with zero attached hydrogens (tertiary/aromatic N) is 4. The van der Waals surface area contributed by atoms with Crippen LogP contribution in [0.15, 0.2) is 146 Å². The van der Waals surface area contributed by atoms with Crippen molar-refractivity contribution < 1.29 is 38.1 Å². The van der Waals surface area contributed by atoms with E-state index in [1.807, 2.05) is 48.5 Å². The summed E-state index contributed by atoms with van der Waals surface area (Å²) in [5.74, 6) is -1.83. The molecule has 2 heterocycles. The third-order valence-electron chi connectivity index (χ3n) is 8.64. The molecule has 13 heteroatoms. The number of hydrogen-bond donors (Lipinski definition) is 0. The van der Waals surface area contributed by atoms with Gasteiger partial charge in [-0.2, -0.15) is 0 Å². The van der Waals surface area contributed by atoms with Crippen LogP contribution in [0.1, 0.15) is 34.6 Å². The van der Waals surface area contributed by atoms with E-state index in [9.17, 15) is 19.2 Å². The Morgan fingerprint density at radius 2 is 1.02 bits per heavy atom. The van der Waals surface area contributed by atoms with Gasteiger partial charge in [0.05, 0.1) is 27.0 Å². The maximum Gasteiger partial charge on any atom is 0.347 e. The highest BCUT2D eigenvalue weighted by molar-refractivity contribution is 7.21. The zero-order valence-electron chi connectivity index (χ0n) is 30.8. The molecule has 2 aromatic heterocycles. The molecule has 0 aliphatic rings. The summed E-state index contributed by atoms with van der Waals surface area (Å²) in [6.45, 7) is 2.49. The number of aromatic nitrogens is 4. The molecule has 8 aromatic rings. The van der Waals surface area contributed by atoms with Crippen LogP contribution in [0.4, 0.5) is 0 Å². The Balaban J connectivity index is 1.21. The average molecular weight is 787 g/mol. The molecule has 0 bridgehead atoms. The van der Waals surface area contributed by atoms with Gasteiger partial charge in [-0.1, -0.05) is 60.7 Å². The summed E-state index contributed by atoms with van der Waals surface area (Å²) < 4.78 is 25.0. The molecule has 0 amide bonds. The maximum atomic E-state index is 13.6. The fraction of sp³-hybridized carbons (Fsp3) is 0.0444. The Bertz CT molecular complexity index is 2830. The lowest BCUT2D eigenvalue weighted by molar-refractivity contribution is -0.132. The van der Waals surface area contributed by atoms with Crippen LogP contribution in [0.5, 0.6) is 23.0 Å². The number of ether oxygens (including phenoxy) is 4. The van der Waals surface area contributed by atoms with Crippen molar-refractivity contribution in [2.75, 3.05) is 0 Å². The van der Waals surface area contributed by atoms with Gasteiger partial charge >= 0.3 is 23.9 Å². The van der Waals surface area contributed by atoms with E-state index in [4.69, 9.17) is 34.0 Å². The standard InChI is InChI=1S/C45H30N4O8S/c1-27(50)54-38-20-10-5-15-33(38)44(52)56-36-18-8-3-13-31(36)41-47-42(32-14-4-9-19-37(32)57-45(53)34-16-6-11-21-39(34)55-28(2)51)49(48-41)30-25-23-29(24-26-30)43-46-35-17-7-12-22-40(35)58-43/h3-26H,1-2H3. The number of rotatable bonds is 10. The van der Waals surface area contributed by atoms with E-state index in [2.05, 4.69) is 0 Å². The van der Waals surface area contributed by atoms with Gasteiger partial charge in [-0.25, -0.2) is 24.2 Å². The Morgan fingerprint density at radius 3 is 1.60 bits per heavy atom. The van der Waals surface area contributed by atoms with Gasteiger partial charge in [0.25, 0.3) is 0 Å². The average Bonchev–Trinajstić information content (AvgIpc) is 3.87. The van der Waals surface area contributed by atoms with Gasteiger partial charge in [-0.3, -0.25) is 9.59 Å². The number of thiazole rings is 1. The van der Waals surface area contributed by atoms with E-state index in [1.165, 1.54) is 38.1 Å². The molecule has 6 aromatic carbocycles. The molecule has 0 saturated heterocycles. The first-order valence-electron chi connectivity index (χ1n) is 17.8. The number of para-hydroxylation sites is 5. The molecule has 12 nitrogen and oxygen atoms in total. The molecule has 0 saturated carbocycles. The largest absolute Gasteiger partial charge is 0.426 e. The van der Waals surface area contributed by atoms with Crippen molar-refractivity contribution in [2.24, 2.45) is 0 Å². The van der Waals surface area contributed by atoms with Crippen LogP contribution in [0.25, 0.3) is 49.3 Å². The van der Waals surface area contributed by atoms with Gasteiger partial charge in [0, 0.05) is 19.4 Å². The summed E-state index contributed by atoms with van der Waals surface area (Å²) in [6, 6.07) is 41.7. The topological polar surface area (TPSA) is 149 Å². The predicted octanol–water partition coefficient (Wildman–Crippen LogP) is 9.17. The molecule has 284 valence electrons. The Morgan fingerprint density at radius 1 is 0.517 bits per heavy atom. The number of esters is 4. The molecular formula is C45H30N4O8S. The highest BCUT2D eigenvalue weighted by Crippen LogP contribution is 2.37. The second-order valence-electron chi connectivity index (χ2n) is 12.7. The third-order valence-corrected chi connectivity index (χ3v) is 9.73. The highest BCUT2D eigenvalue weighted by atomic mass is 32.1. The van der Waals surface area contributed by atoms with Crippen LogP contribution >= 0.6 is 11.3 Å². The number of carbonyl (C=O) groups excluding carboxylic acids is 4. The van der Waals surface area contributed by atoms with Crippen molar-refractivity contribution in [1.29, 1.82) is 0 Å². The third kappa shape index (κ3) is 7.83. The van der Waals surface area contributed by atoms with E-state index in [1.54, 1.807) is 88.8 Å². The zero-order chi connectivity index (χ0) is 40.2. The minimum Gasteiger partial charge on any atom is -0.426 e. The molecular weight excluding hydrogens is 757 g/mol. The van der Waals surface area contributed by atoms with Gasteiger partial charge in [0.1, 0.15) is 39.1 Å². The zero-order valence-corrected chi connectivity index (χ0v) is 31.6. The predicted molar refractivity (Wildman–Crippen MR) is 216 cm³/mol. The summed E-state index contributed by atoms with van der Waals surface area (Å²) in [5.41, 5.74) is 3.29. The number of fused-ring (bicyclic) bond motifs is 1. The van der Waals surface area contributed by atoms with E-state index in [0.29, 0.717) is 22.6 Å². The van der Waals surface area contributed by atoms with Crippen molar-refractivity contribution >= 4 is 45.4 Å². The Labute approximate surface area is 334 Å². The normalized spacial score (nSPS) is 10.9. The molecule has 0 unspecified atom stereocenters. The summed E-state index contributed by atoms with van der Waals surface area (Å²) >= 11 is 1.58. The second-order valence-corrected chi connectivity index (χ2v) is 13.7. The van der Waals surface area contributed by atoms with Gasteiger partial charge in [-0.15, -0.1) is 16.4 Å². The minimum absolute atomic E-state index is 0.0471. The number of hydrogen-bond acceptors (Lipinski definition) is 12. The lowest BCUT2D eigenvalue weighted by Gasteiger charge is -2.12. The van der Waals surface area contributed by atoms with E-state index in [0.717, 1.165) is 20.8 Å². The molecule has 0 fully saturated rings. The van der Waals surface area contributed by atoms with Crippen LogP contribution < -0.4 is 18.9 Å². The van der Waals surface area contributed by atoms with E-state index >= 15 is 0 Å². The maximum absolute atomic E-state index is 13.6. The lowest BCUT2D eigenvalue weighted by atomic mass is 10.1.